The van der Waals surface area contributed by atoms with Gasteiger partial charge in [0.1, 0.15) is 12.4 Å². The number of benzene rings is 1. The Kier molecular flexibility index (Phi) is 6.22. The van der Waals surface area contributed by atoms with E-state index in [9.17, 15) is 14.7 Å². The molecule has 4 N–H and O–H groups in total. The number of carbonyl (C=O) groups excluding carboxylic acids is 1. The van der Waals surface area contributed by atoms with Crippen molar-refractivity contribution in [3.05, 3.63) is 23.8 Å². The standard InChI is InChI=1S/C17H24N2O6/c1-11-5-6-13(14(8-11)25-9-12-4-3-7-24-12)19-16(22)18-10-17(2,23)15(20)21/h5-6,8,12,23H,3-4,7,9-10H2,1-2H3,(H,20,21)(H2,18,19,22). The van der Waals surface area contributed by atoms with Crippen molar-refractivity contribution in [2.45, 2.75) is 38.4 Å². The predicted molar refractivity (Wildman–Crippen MR) is 90.9 cm³/mol. The largest absolute Gasteiger partial charge is 0.489 e. The third-order valence-corrected chi connectivity index (χ3v) is 3.89. The number of aliphatic carboxylic acids is 1. The van der Waals surface area contributed by atoms with E-state index >= 15 is 0 Å². The number of carboxylic acids is 1. The van der Waals surface area contributed by atoms with Crippen molar-refractivity contribution in [2.24, 2.45) is 0 Å². The van der Waals surface area contributed by atoms with Crippen LogP contribution >= 0.6 is 0 Å². The maximum absolute atomic E-state index is 12.0. The van der Waals surface area contributed by atoms with Gasteiger partial charge < -0.3 is 30.3 Å². The molecular formula is C17H24N2O6. The van der Waals surface area contributed by atoms with Crippen LogP contribution in [-0.2, 0) is 9.53 Å². The summed E-state index contributed by atoms with van der Waals surface area (Å²) in [6.45, 7) is 3.73. The van der Waals surface area contributed by atoms with E-state index in [1.54, 1.807) is 12.1 Å². The lowest BCUT2D eigenvalue weighted by molar-refractivity contribution is -0.155. The van der Waals surface area contributed by atoms with E-state index in [2.05, 4.69) is 10.6 Å². The molecule has 0 bridgehead atoms. The van der Waals surface area contributed by atoms with Crippen LogP contribution in [0.2, 0.25) is 0 Å². The molecule has 0 radical (unpaired) electrons. The molecule has 2 amide bonds. The summed E-state index contributed by atoms with van der Waals surface area (Å²) in [6, 6.07) is 4.70. The van der Waals surface area contributed by atoms with Gasteiger partial charge in [-0.25, -0.2) is 9.59 Å². The molecule has 8 heteroatoms. The smallest absolute Gasteiger partial charge is 0.337 e. The fourth-order valence-electron chi connectivity index (χ4n) is 2.31. The van der Waals surface area contributed by atoms with E-state index in [1.807, 2.05) is 13.0 Å². The second-order valence-corrected chi connectivity index (χ2v) is 6.33. The Labute approximate surface area is 146 Å². The molecule has 2 atom stereocenters. The first kappa shape index (κ1) is 19.0. The number of carboxylic acid groups (broad SMARTS) is 1. The van der Waals surface area contributed by atoms with Crippen LogP contribution in [-0.4, -0.2) is 53.7 Å². The molecule has 2 unspecified atom stereocenters. The predicted octanol–water partition coefficient (Wildman–Crippen LogP) is 1.51. The Morgan fingerprint density at radius 3 is 2.84 bits per heavy atom. The van der Waals surface area contributed by atoms with Crippen molar-refractivity contribution < 1.29 is 29.3 Å². The van der Waals surface area contributed by atoms with Gasteiger partial charge in [0.2, 0.25) is 0 Å². The second-order valence-electron chi connectivity index (χ2n) is 6.33. The number of carbonyl (C=O) groups is 2. The van der Waals surface area contributed by atoms with Gasteiger partial charge in [0, 0.05) is 6.61 Å². The minimum Gasteiger partial charge on any atom is -0.489 e. The van der Waals surface area contributed by atoms with Crippen LogP contribution in [0.25, 0.3) is 0 Å². The number of aryl methyl sites for hydroxylation is 1. The van der Waals surface area contributed by atoms with E-state index in [0.29, 0.717) is 18.0 Å². The first-order valence-corrected chi connectivity index (χ1v) is 8.13. The molecular weight excluding hydrogens is 328 g/mol. The van der Waals surface area contributed by atoms with Crippen LogP contribution in [0.5, 0.6) is 5.75 Å². The van der Waals surface area contributed by atoms with Gasteiger partial charge in [-0.2, -0.15) is 0 Å². The number of amides is 2. The summed E-state index contributed by atoms with van der Waals surface area (Å²) in [7, 11) is 0. The number of nitrogens with one attached hydrogen (secondary N) is 2. The second kappa shape index (κ2) is 8.17. The minimum atomic E-state index is -2.04. The van der Waals surface area contributed by atoms with Gasteiger partial charge in [0.05, 0.1) is 18.3 Å². The SMILES string of the molecule is Cc1ccc(NC(=O)NCC(C)(O)C(=O)O)c(OCC2CCCO2)c1. The molecule has 138 valence electrons. The quantitative estimate of drug-likeness (QED) is 0.591. The lowest BCUT2D eigenvalue weighted by Gasteiger charge is -2.19. The number of aliphatic hydroxyl groups is 1. The molecule has 25 heavy (non-hydrogen) atoms. The van der Waals surface area contributed by atoms with Crippen molar-refractivity contribution in [3.8, 4) is 5.75 Å². The number of hydrogen-bond donors (Lipinski definition) is 4. The number of anilines is 1. The number of hydrogen-bond acceptors (Lipinski definition) is 5. The maximum Gasteiger partial charge on any atom is 0.337 e. The maximum atomic E-state index is 12.0. The fraction of sp³-hybridized carbons (Fsp3) is 0.529. The summed E-state index contributed by atoms with van der Waals surface area (Å²) in [5, 5.41) is 23.4. The molecule has 0 spiro atoms. The van der Waals surface area contributed by atoms with Gasteiger partial charge in [0.25, 0.3) is 0 Å². The third-order valence-electron chi connectivity index (χ3n) is 3.89. The molecule has 1 aliphatic heterocycles. The molecule has 0 aliphatic carbocycles. The summed E-state index contributed by atoms with van der Waals surface area (Å²) < 4.78 is 11.3. The molecule has 8 nitrogen and oxygen atoms in total. The summed E-state index contributed by atoms with van der Waals surface area (Å²) in [5.41, 5.74) is -0.609. The van der Waals surface area contributed by atoms with Gasteiger partial charge >= 0.3 is 12.0 Å². The summed E-state index contributed by atoms with van der Waals surface area (Å²) in [4.78, 5) is 22.8. The molecule has 1 saturated heterocycles. The lowest BCUT2D eigenvalue weighted by atomic mass is 10.1. The minimum absolute atomic E-state index is 0.0489. The Morgan fingerprint density at radius 1 is 1.44 bits per heavy atom. The summed E-state index contributed by atoms with van der Waals surface area (Å²) in [5.74, 6) is -0.903. The lowest BCUT2D eigenvalue weighted by Crippen LogP contribution is -2.47. The monoisotopic (exact) mass is 352 g/mol. The Hall–Kier alpha value is -2.32. The highest BCUT2D eigenvalue weighted by molar-refractivity contribution is 5.91. The highest BCUT2D eigenvalue weighted by atomic mass is 16.5. The van der Waals surface area contributed by atoms with Crippen LogP contribution in [0.3, 0.4) is 0 Å². The van der Waals surface area contributed by atoms with Crippen LogP contribution < -0.4 is 15.4 Å². The van der Waals surface area contributed by atoms with E-state index in [0.717, 1.165) is 31.9 Å². The summed E-state index contributed by atoms with van der Waals surface area (Å²) in [6.07, 6.45) is 2.01. The average Bonchev–Trinajstić information content (AvgIpc) is 3.06. The first-order chi connectivity index (χ1) is 11.8. The highest BCUT2D eigenvalue weighted by Crippen LogP contribution is 2.27. The van der Waals surface area contributed by atoms with Gasteiger partial charge in [-0.3, -0.25) is 0 Å². The summed E-state index contributed by atoms with van der Waals surface area (Å²) >= 11 is 0. The zero-order valence-corrected chi connectivity index (χ0v) is 14.4. The van der Waals surface area contributed by atoms with Crippen LogP contribution in [0.4, 0.5) is 10.5 Å². The van der Waals surface area contributed by atoms with E-state index in [-0.39, 0.29) is 6.10 Å². The van der Waals surface area contributed by atoms with E-state index < -0.39 is 24.1 Å². The molecule has 1 aliphatic rings. The normalized spacial score (nSPS) is 19.1. The van der Waals surface area contributed by atoms with Gasteiger partial charge in [-0.05, 0) is 44.4 Å². The molecule has 2 rings (SSSR count). The van der Waals surface area contributed by atoms with Crippen molar-refractivity contribution in [2.75, 3.05) is 25.1 Å². The van der Waals surface area contributed by atoms with Gasteiger partial charge in [0.15, 0.2) is 5.60 Å². The highest BCUT2D eigenvalue weighted by Gasteiger charge is 2.30. The molecule has 1 aromatic carbocycles. The topological polar surface area (TPSA) is 117 Å². The van der Waals surface area contributed by atoms with Crippen molar-refractivity contribution >= 4 is 17.7 Å². The molecule has 1 fully saturated rings. The molecule has 1 aromatic rings. The third kappa shape index (κ3) is 5.61. The number of ether oxygens (including phenoxy) is 2. The van der Waals surface area contributed by atoms with E-state index in [1.165, 1.54) is 0 Å². The zero-order chi connectivity index (χ0) is 18.4. The number of urea groups is 1. The van der Waals surface area contributed by atoms with Crippen LogP contribution in [0.15, 0.2) is 18.2 Å². The van der Waals surface area contributed by atoms with Crippen molar-refractivity contribution in [3.63, 3.8) is 0 Å². The average molecular weight is 352 g/mol. The number of rotatable bonds is 7. The van der Waals surface area contributed by atoms with Crippen LogP contribution in [0.1, 0.15) is 25.3 Å². The van der Waals surface area contributed by atoms with Crippen LogP contribution in [0, 0.1) is 6.92 Å². The van der Waals surface area contributed by atoms with Gasteiger partial charge in [-0.1, -0.05) is 6.07 Å². The first-order valence-electron chi connectivity index (χ1n) is 8.13. The Bertz CT molecular complexity index is 626. The van der Waals surface area contributed by atoms with E-state index in [4.69, 9.17) is 14.6 Å². The Balaban J connectivity index is 1.95. The van der Waals surface area contributed by atoms with Crippen molar-refractivity contribution in [1.29, 1.82) is 0 Å². The fourth-order valence-corrected chi connectivity index (χ4v) is 2.31. The Morgan fingerprint density at radius 2 is 2.20 bits per heavy atom. The van der Waals surface area contributed by atoms with Gasteiger partial charge in [-0.15, -0.1) is 0 Å². The molecule has 0 aromatic heterocycles. The molecule has 0 saturated carbocycles. The van der Waals surface area contributed by atoms with Crippen molar-refractivity contribution in [1.82, 2.24) is 5.32 Å². The zero-order valence-electron chi connectivity index (χ0n) is 14.4. The molecule has 1 heterocycles.